The molecule has 2 heterocycles. The van der Waals surface area contributed by atoms with Crippen molar-refractivity contribution < 1.29 is 42.9 Å². The molecule has 0 radical (unpaired) electrons. The number of hydrogen-bond acceptors (Lipinski definition) is 10. The van der Waals surface area contributed by atoms with Gasteiger partial charge in [-0.05, 0) is 31.7 Å². The van der Waals surface area contributed by atoms with E-state index in [4.69, 9.17) is 23.7 Å². The lowest BCUT2D eigenvalue weighted by atomic mass is 9.84. The molecule has 0 bridgehead atoms. The van der Waals surface area contributed by atoms with E-state index in [0.717, 1.165) is 18.4 Å². The number of ketones is 1. The Labute approximate surface area is 247 Å². The molecule has 1 aliphatic rings. The van der Waals surface area contributed by atoms with Crippen LogP contribution in [-0.2, 0) is 35.0 Å². The van der Waals surface area contributed by atoms with Crippen molar-refractivity contribution in [1.82, 2.24) is 4.98 Å². The Balaban J connectivity index is 1.80. The molecule has 1 aromatic heterocycles. The van der Waals surface area contributed by atoms with Gasteiger partial charge in [-0.25, -0.2) is 4.98 Å². The van der Waals surface area contributed by atoms with Crippen molar-refractivity contribution in [3.63, 3.8) is 0 Å². The molecule has 10 nitrogen and oxygen atoms in total. The van der Waals surface area contributed by atoms with Crippen molar-refractivity contribution in [2.45, 2.75) is 78.4 Å². The third-order valence-corrected chi connectivity index (χ3v) is 7.25. The van der Waals surface area contributed by atoms with E-state index >= 15 is 0 Å². The number of methoxy groups -OCH3 is 1. The van der Waals surface area contributed by atoms with Gasteiger partial charge in [0.1, 0.15) is 12.2 Å². The maximum Gasteiger partial charge on any atom is 0.309 e. The van der Waals surface area contributed by atoms with Crippen LogP contribution in [-0.4, -0.2) is 54.8 Å². The van der Waals surface area contributed by atoms with Crippen LogP contribution in [0, 0.1) is 17.8 Å². The Hall–Kier alpha value is -3.95. The van der Waals surface area contributed by atoms with Crippen LogP contribution in [0.25, 0.3) is 0 Å². The first-order valence-electron chi connectivity index (χ1n) is 14.4. The third-order valence-electron chi connectivity index (χ3n) is 7.25. The van der Waals surface area contributed by atoms with Crippen LogP contribution in [0.4, 0.5) is 0 Å². The molecule has 0 N–H and O–H groups in total. The minimum atomic E-state index is -0.735. The molecule has 0 spiro atoms. The Kier molecular flexibility index (Phi) is 12.3. The molecule has 0 unspecified atom stereocenters. The number of benzene rings is 1. The molecule has 2 aromatic rings. The molecule has 4 atom stereocenters. The second kappa shape index (κ2) is 15.9. The molecule has 0 saturated carbocycles. The molecular formula is C32H41NO9. The molecule has 10 heteroatoms. The fourth-order valence-electron chi connectivity index (χ4n) is 5.01. The maximum absolute atomic E-state index is 13.4. The second-order valence-corrected chi connectivity index (χ2v) is 10.8. The van der Waals surface area contributed by atoms with E-state index in [-0.39, 0.29) is 41.4 Å². The van der Waals surface area contributed by atoms with Gasteiger partial charge in [-0.3, -0.25) is 19.2 Å². The monoisotopic (exact) mass is 583 g/mol. The second-order valence-electron chi connectivity index (χ2n) is 10.8. The lowest BCUT2D eigenvalue weighted by molar-refractivity contribution is -0.176. The summed E-state index contributed by atoms with van der Waals surface area (Å²) < 4.78 is 27.5. The van der Waals surface area contributed by atoms with Crippen LogP contribution < -0.4 is 9.47 Å². The predicted octanol–water partition coefficient (Wildman–Crippen LogP) is 5.11. The first-order valence-corrected chi connectivity index (χ1v) is 14.4. The summed E-state index contributed by atoms with van der Waals surface area (Å²) in [6.45, 7) is 6.08. The Morgan fingerprint density at radius 3 is 2.45 bits per heavy atom. The van der Waals surface area contributed by atoms with Crippen LogP contribution >= 0.6 is 0 Å². The fourth-order valence-corrected chi connectivity index (χ4v) is 5.01. The van der Waals surface area contributed by atoms with Crippen molar-refractivity contribution in [3.05, 3.63) is 53.9 Å². The number of Topliss-reactive ketones (excluding diaryl/α,β-unsaturated/α-hetero) is 1. The van der Waals surface area contributed by atoms with Gasteiger partial charge >= 0.3 is 17.9 Å². The van der Waals surface area contributed by atoms with Crippen LogP contribution in [0.5, 0.6) is 11.5 Å². The Morgan fingerprint density at radius 2 is 1.79 bits per heavy atom. The van der Waals surface area contributed by atoms with Gasteiger partial charge in [0.05, 0.1) is 18.9 Å². The highest BCUT2D eigenvalue weighted by Crippen LogP contribution is 2.33. The van der Waals surface area contributed by atoms with Crippen molar-refractivity contribution in [2.75, 3.05) is 13.9 Å². The quantitative estimate of drug-likeness (QED) is 0.152. The number of aromatic nitrogens is 1. The van der Waals surface area contributed by atoms with Crippen LogP contribution in [0.15, 0.2) is 42.6 Å². The maximum atomic E-state index is 13.4. The number of carbonyl (C=O) groups excluding carboxylic acids is 4. The first kappa shape index (κ1) is 32.6. The summed E-state index contributed by atoms with van der Waals surface area (Å²) in [6.07, 6.45) is 3.22. The molecule has 1 fully saturated rings. The van der Waals surface area contributed by atoms with Crippen molar-refractivity contribution >= 4 is 23.7 Å². The summed E-state index contributed by atoms with van der Waals surface area (Å²) in [5, 5.41) is 0. The van der Waals surface area contributed by atoms with E-state index in [1.807, 2.05) is 30.3 Å². The van der Waals surface area contributed by atoms with Gasteiger partial charge in [-0.15, -0.1) is 0 Å². The van der Waals surface area contributed by atoms with E-state index in [9.17, 15) is 19.2 Å². The molecule has 42 heavy (non-hydrogen) atoms. The van der Waals surface area contributed by atoms with Gasteiger partial charge in [0.2, 0.25) is 6.79 Å². The summed E-state index contributed by atoms with van der Waals surface area (Å²) in [5.74, 6) is -2.73. The molecule has 0 amide bonds. The van der Waals surface area contributed by atoms with E-state index in [1.165, 1.54) is 26.3 Å². The van der Waals surface area contributed by atoms with Crippen molar-refractivity contribution in [3.8, 4) is 11.5 Å². The average Bonchev–Trinajstić information content (AvgIpc) is 2.96. The number of esters is 3. The van der Waals surface area contributed by atoms with Gasteiger partial charge in [-0.1, -0.05) is 57.0 Å². The Morgan fingerprint density at radius 1 is 1.07 bits per heavy atom. The highest BCUT2D eigenvalue weighted by Gasteiger charge is 2.37. The topological polar surface area (TPSA) is 127 Å². The summed E-state index contributed by atoms with van der Waals surface area (Å²) in [7, 11) is 1.41. The van der Waals surface area contributed by atoms with Gasteiger partial charge in [-0.2, -0.15) is 0 Å². The van der Waals surface area contributed by atoms with Crippen LogP contribution in [0.2, 0.25) is 0 Å². The van der Waals surface area contributed by atoms with Crippen LogP contribution in [0.1, 0.15) is 75.9 Å². The normalized spacial score (nSPS) is 21.1. The van der Waals surface area contributed by atoms with Gasteiger partial charge in [0.25, 0.3) is 0 Å². The van der Waals surface area contributed by atoms with E-state index < -0.39 is 42.6 Å². The lowest BCUT2D eigenvalue weighted by Gasteiger charge is -2.34. The van der Waals surface area contributed by atoms with Gasteiger partial charge < -0.3 is 23.7 Å². The number of cyclic esters (lactones) is 1. The van der Waals surface area contributed by atoms with E-state index in [2.05, 4.69) is 4.98 Å². The van der Waals surface area contributed by atoms with Gasteiger partial charge in [0.15, 0.2) is 23.0 Å². The largest absolute Gasteiger partial charge is 0.493 e. The zero-order chi connectivity index (χ0) is 30.6. The number of rotatable bonds is 11. The van der Waals surface area contributed by atoms with Crippen molar-refractivity contribution in [2.24, 2.45) is 17.8 Å². The number of ether oxygens (including phenoxy) is 5. The molecule has 1 aromatic carbocycles. The smallest absolute Gasteiger partial charge is 0.309 e. The predicted molar refractivity (Wildman–Crippen MR) is 153 cm³/mol. The standard InChI is InChI=1S/C32H41NO9/c1-20(2)31(36)42-29-21(3)41-32(37)25(14-10-9-13-24(29)17-23-11-7-6-8-12-23)18-26(35)28-30(40-19-39-22(4)34)27(38-5)15-16-33-28/h6-8,11-12,15-16,20-21,24-25,29H,9-10,13-14,17-19H2,1-5H3/t21-,24+,25+,29-/m0/s1. The molecular weight excluding hydrogens is 542 g/mol. The summed E-state index contributed by atoms with van der Waals surface area (Å²) in [5.41, 5.74) is 1.08. The lowest BCUT2D eigenvalue weighted by Crippen LogP contribution is -2.42. The third kappa shape index (κ3) is 9.29. The highest BCUT2D eigenvalue weighted by atomic mass is 16.7. The molecule has 1 saturated heterocycles. The SMILES string of the molecule is COc1ccnc(C(=O)C[C@H]2CCCC[C@H](Cc3ccccc3)[C@@H](OC(=O)C(C)C)[C@H](C)OC2=O)c1OCOC(C)=O. The minimum Gasteiger partial charge on any atom is -0.493 e. The molecule has 228 valence electrons. The zero-order valence-electron chi connectivity index (χ0n) is 25.0. The fraction of sp³-hybridized carbons (Fsp3) is 0.531. The first-order chi connectivity index (χ1) is 20.1. The zero-order valence-corrected chi connectivity index (χ0v) is 25.0. The summed E-state index contributed by atoms with van der Waals surface area (Å²) in [6, 6.07) is 11.5. The molecule has 0 aliphatic carbocycles. The van der Waals surface area contributed by atoms with E-state index in [0.29, 0.717) is 19.3 Å². The number of carbonyl (C=O) groups is 4. The van der Waals surface area contributed by atoms with Gasteiger partial charge in [0, 0.05) is 31.5 Å². The van der Waals surface area contributed by atoms with E-state index in [1.54, 1.807) is 20.8 Å². The number of nitrogens with zero attached hydrogens (tertiary/aromatic N) is 1. The summed E-state index contributed by atoms with van der Waals surface area (Å²) >= 11 is 0. The number of hydrogen-bond donors (Lipinski definition) is 0. The Bertz CT molecular complexity index is 1210. The highest BCUT2D eigenvalue weighted by molar-refractivity contribution is 5.99. The number of pyridine rings is 1. The summed E-state index contributed by atoms with van der Waals surface area (Å²) in [4.78, 5) is 54.9. The minimum absolute atomic E-state index is 0.0252. The van der Waals surface area contributed by atoms with Crippen molar-refractivity contribution in [1.29, 1.82) is 0 Å². The van der Waals surface area contributed by atoms with Crippen LogP contribution in [0.3, 0.4) is 0 Å². The molecule has 3 rings (SSSR count). The average molecular weight is 584 g/mol. The molecule has 1 aliphatic heterocycles.